The van der Waals surface area contributed by atoms with Crippen LogP contribution < -0.4 is 0 Å². The highest BCUT2D eigenvalue weighted by Gasteiger charge is 2.21. The molecule has 0 spiro atoms. The average Bonchev–Trinajstić information content (AvgIpc) is 3.08. The molecule has 0 aliphatic heterocycles. The minimum atomic E-state index is -0.490. The molecule has 1 heterocycles. The zero-order valence-corrected chi connectivity index (χ0v) is 14.5. The van der Waals surface area contributed by atoms with Crippen LogP contribution in [0.25, 0.3) is 10.2 Å². The smallest absolute Gasteiger partial charge is 0.309 e. The molecule has 0 aliphatic rings. The van der Waals surface area contributed by atoms with E-state index in [1.54, 1.807) is 24.3 Å². The zero-order valence-electron chi connectivity index (χ0n) is 13.7. The second-order valence-corrected chi connectivity index (χ2v) is 6.46. The number of para-hydroxylation sites is 1. The quantitative estimate of drug-likeness (QED) is 0.476. The molecule has 1 atom stereocenters. The molecule has 1 unspecified atom stereocenters. The summed E-state index contributed by atoms with van der Waals surface area (Å²) in [5.41, 5.74) is 1.39. The lowest BCUT2D eigenvalue weighted by molar-refractivity contribution is -0.145. The molecule has 5 nitrogen and oxygen atoms in total. The summed E-state index contributed by atoms with van der Waals surface area (Å²) < 4.78 is 11.5. The van der Waals surface area contributed by atoms with Gasteiger partial charge in [-0.25, -0.2) is 4.98 Å². The summed E-state index contributed by atoms with van der Waals surface area (Å²) >= 11 is 1.48. The van der Waals surface area contributed by atoms with Crippen molar-refractivity contribution in [1.29, 1.82) is 0 Å². The van der Waals surface area contributed by atoms with Gasteiger partial charge in [-0.3, -0.25) is 9.59 Å². The third-order valence-corrected chi connectivity index (χ3v) is 4.81. The molecular weight excluding hydrogens is 338 g/mol. The maximum Gasteiger partial charge on any atom is 0.309 e. The Labute approximate surface area is 149 Å². The van der Waals surface area contributed by atoms with Gasteiger partial charge in [-0.15, -0.1) is 11.3 Å². The minimum Gasteiger partial charge on any atom is -0.457 e. The second-order valence-electron chi connectivity index (χ2n) is 5.40. The lowest BCUT2D eigenvalue weighted by Gasteiger charge is -2.11. The Bertz CT molecular complexity index is 842. The number of rotatable bonds is 7. The molecule has 0 radical (unpaired) electrons. The molecule has 0 saturated carbocycles. The van der Waals surface area contributed by atoms with Gasteiger partial charge in [0.25, 0.3) is 0 Å². The Morgan fingerprint density at radius 1 is 1.08 bits per heavy atom. The van der Waals surface area contributed by atoms with Gasteiger partial charge in [0.15, 0.2) is 12.4 Å². The molecule has 0 bridgehead atoms. The minimum absolute atomic E-state index is 0.0123. The van der Waals surface area contributed by atoms with Gasteiger partial charge < -0.3 is 9.47 Å². The molecule has 0 N–H and O–H groups in total. The summed E-state index contributed by atoms with van der Waals surface area (Å²) in [5, 5.41) is 0.718. The van der Waals surface area contributed by atoms with Crippen LogP contribution in [0, 0.1) is 0 Å². The molecule has 0 saturated heterocycles. The number of ether oxygens (including phenoxy) is 2. The van der Waals surface area contributed by atoms with Crippen LogP contribution in [0.5, 0.6) is 0 Å². The van der Waals surface area contributed by atoms with Crippen molar-refractivity contribution >= 4 is 33.3 Å². The number of Topliss-reactive ketones (excluding diaryl/α,β-unsaturated/α-hetero) is 1. The van der Waals surface area contributed by atoms with Crippen molar-refractivity contribution in [3.63, 3.8) is 0 Å². The maximum atomic E-state index is 12.1. The van der Waals surface area contributed by atoms with E-state index in [1.807, 2.05) is 30.3 Å². The van der Waals surface area contributed by atoms with E-state index in [0.29, 0.717) is 5.56 Å². The summed E-state index contributed by atoms with van der Waals surface area (Å²) in [6.07, 6.45) is -0.477. The monoisotopic (exact) mass is 355 g/mol. The summed E-state index contributed by atoms with van der Waals surface area (Å²) in [6.45, 7) is -0.279. The first kappa shape index (κ1) is 17.3. The van der Waals surface area contributed by atoms with Gasteiger partial charge in [-0.1, -0.05) is 42.5 Å². The molecule has 6 heteroatoms. The lowest BCUT2D eigenvalue weighted by atomic mass is 10.1. The standard InChI is InChI=1S/C19H17NO4S/c1-23-16(19-20-14-9-5-6-10-17(14)25-19)11-18(22)24-12-15(21)13-7-3-2-4-8-13/h2-10,16H,11-12H2,1H3. The SMILES string of the molecule is COC(CC(=O)OCC(=O)c1ccccc1)c1nc2ccccc2s1. The van der Waals surface area contributed by atoms with E-state index in [9.17, 15) is 9.59 Å². The number of fused-ring (bicyclic) bond motifs is 1. The van der Waals surface area contributed by atoms with Crippen molar-refractivity contribution in [1.82, 2.24) is 4.98 Å². The summed E-state index contributed by atoms with van der Waals surface area (Å²) in [5.74, 6) is -0.724. The lowest BCUT2D eigenvalue weighted by Crippen LogP contribution is -2.17. The second kappa shape index (κ2) is 8.00. The van der Waals surface area contributed by atoms with Crippen LogP contribution in [0.4, 0.5) is 0 Å². The average molecular weight is 355 g/mol. The predicted octanol–water partition coefficient (Wildman–Crippen LogP) is 3.80. The molecule has 0 aliphatic carbocycles. The molecule has 3 rings (SSSR count). The number of carbonyl (C=O) groups is 2. The highest BCUT2D eigenvalue weighted by Crippen LogP contribution is 2.29. The third-order valence-electron chi connectivity index (χ3n) is 3.68. The van der Waals surface area contributed by atoms with E-state index in [0.717, 1.165) is 15.2 Å². The van der Waals surface area contributed by atoms with Gasteiger partial charge in [0.2, 0.25) is 0 Å². The molecule has 128 valence electrons. The zero-order chi connectivity index (χ0) is 17.6. The van der Waals surface area contributed by atoms with Gasteiger partial charge in [0, 0.05) is 12.7 Å². The van der Waals surface area contributed by atoms with E-state index in [4.69, 9.17) is 9.47 Å². The van der Waals surface area contributed by atoms with Gasteiger partial charge in [0.1, 0.15) is 11.1 Å². The van der Waals surface area contributed by atoms with Crippen molar-refractivity contribution < 1.29 is 19.1 Å². The van der Waals surface area contributed by atoms with Crippen LogP contribution in [-0.2, 0) is 14.3 Å². The van der Waals surface area contributed by atoms with Crippen molar-refractivity contribution in [2.75, 3.05) is 13.7 Å². The van der Waals surface area contributed by atoms with E-state index < -0.39 is 12.1 Å². The summed E-state index contributed by atoms with van der Waals surface area (Å²) in [4.78, 5) is 28.5. The van der Waals surface area contributed by atoms with E-state index in [-0.39, 0.29) is 18.8 Å². The molecule has 0 fully saturated rings. The Morgan fingerprint density at radius 2 is 1.80 bits per heavy atom. The maximum absolute atomic E-state index is 12.1. The Balaban J connectivity index is 1.59. The van der Waals surface area contributed by atoms with Gasteiger partial charge in [-0.2, -0.15) is 0 Å². The number of hydrogen-bond acceptors (Lipinski definition) is 6. The first-order valence-corrected chi connectivity index (χ1v) is 8.61. The number of aromatic nitrogens is 1. The highest BCUT2D eigenvalue weighted by atomic mass is 32.1. The van der Waals surface area contributed by atoms with E-state index in [1.165, 1.54) is 18.4 Å². The molecule has 2 aromatic carbocycles. The van der Waals surface area contributed by atoms with Crippen molar-refractivity contribution in [3.05, 3.63) is 65.2 Å². The highest BCUT2D eigenvalue weighted by molar-refractivity contribution is 7.18. The summed E-state index contributed by atoms with van der Waals surface area (Å²) in [6, 6.07) is 16.5. The number of thiazole rings is 1. The molecule has 25 heavy (non-hydrogen) atoms. The number of nitrogens with zero attached hydrogens (tertiary/aromatic N) is 1. The first-order chi connectivity index (χ1) is 12.2. The van der Waals surface area contributed by atoms with Crippen molar-refractivity contribution in [2.24, 2.45) is 0 Å². The molecular formula is C19H17NO4S. The van der Waals surface area contributed by atoms with E-state index >= 15 is 0 Å². The Hall–Kier alpha value is -2.57. The number of esters is 1. The number of hydrogen-bond donors (Lipinski definition) is 0. The third kappa shape index (κ3) is 4.29. The number of benzene rings is 2. The van der Waals surface area contributed by atoms with Crippen LogP contribution in [0.1, 0.15) is 27.9 Å². The number of ketones is 1. The normalized spacial score (nSPS) is 12.0. The van der Waals surface area contributed by atoms with Crippen LogP contribution in [0.2, 0.25) is 0 Å². The van der Waals surface area contributed by atoms with E-state index in [2.05, 4.69) is 4.98 Å². The largest absolute Gasteiger partial charge is 0.457 e. The van der Waals surface area contributed by atoms with Crippen LogP contribution in [-0.4, -0.2) is 30.5 Å². The van der Waals surface area contributed by atoms with Crippen LogP contribution in [0.15, 0.2) is 54.6 Å². The Morgan fingerprint density at radius 3 is 2.52 bits per heavy atom. The topological polar surface area (TPSA) is 65.5 Å². The Kier molecular flexibility index (Phi) is 5.53. The predicted molar refractivity (Wildman–Crippen MR) is 95.7 cm³/mol. The molecule has 0 amide bonds. The van der Waals surface area contributed by atoms with Crippen LogP contribution in [0.3, 0.4) is 0 Å². The van der Waals surface area contributed by atoms with Gasteiger partial charge >= 0.3 is 5.97 Å². The molecule has 3 aromatic rings. The van der Waals surface area contributed by atoms with Gasteiger partial charge in [0.05, 0.1) is 16.6 Å². The number of carbonyl (C=O) groups excluding carboxylic acids is 2. The number of methoxy groups -OCH3 is 1. The fraction of sp³-hybridized carbons (Fsp3) is 0.211. The fourth-order valence-electron chi connectivity index (χ4n) is 2.36. The van der Waals surface area contributed by atoms with Crippen molar-refractivity contribution in [3.8, 4) is 0 Å². The fourth-order valence-corrected chi connectivity index (χ4v) is 3.41. The first-order valence-electron chi connectivity index (χ1n) is 7.79. The van der Waals surface area contributed by atoms with Crippen LogP contribution >= 0.6 is 11.3 Å². The van der Waals surface area contributed by atoms with Gasteiger partial charge in [-0.05, 0) is 12.1 Å². The molecule has 1 aromatic heterocycles. The van der Waals surface area contributed by atoms with Crippen molar-refractivity contribution in [2.45, 2.75) is 12.5 Å². The summed E-state index contributed by atoms with van der Waals surface area (Å²) in [7, 11) is 1.53.